The number of nitrogens with one attached hydrogen (secondary N) is 1. The molecule has 0 saturated heterocycles. The van der Waals surface area contributed by atoms with E-state index in [2.05, 4.69) is 51.6 Å². The summed E-state index contributed by atoms with van der Waals surface area (Å²) in [5, 5.41) is 4.63. The molecule has 0 radical (unpaired) electrons. The second-order valence-corrected chi connectivity index (χ2v) is 11.1. The van der Waals surface area contributed by atoms with Crippen molar-refractivity contribution in [1.29, 1.82) is 0 Å². The lowest BCUT2D eigenvalue weighted by molar-refractivity contribution is 0.0667. The first-order valence-corrected chi connectivity index (χ1v) is 14.4. The van der Waals surface area contributed by atoms with Gasteiger partial charge in [-0.05, 0) is 85.4 Å². The van der Waals surface area contributed by atoms with Crippen LogP contribution in [0.25, 0.3) is 0 Å². The summed E-state index contributed by atoms with van der Waals surface area (Å²) in [5.41, 5.74) is 8.03. The molecule has 2 aliphatic carbocycles. The van der Waals surface area contributed by atoms with Gasteiger partial charge in [-0.1, -0.05) is 41.4 Å². The Balaban J connectivity index is 1.41. The highest BCUT2D eigenvalue weighted by molar-refractivity contribution is 6.42. The molecule has 0 atom stereocenters. The second-order valence-electron chi connectivity index (χ2n) is 10.3. The molecule has 8 heteroatoms. The third-order valence-electron chi connectivity index (χ3n) is 7.68. The summed E-state index contributed by atoms with van der Waals surface area (Å²) in [5.74, 6) is 0. The summed E-state index contributed by atoms with van der Waals surface area (Å²) in [7, 11) is 1.80. The van der Waals surface area contributed by atoms with Gasteiger partial charge < -0.3 is 15.0 Å². The van der Waals surface area contributed by atoms with Crippen molar-refractivity contribution in [3.8, 4) is 0 Å². The van der Waals surface area contributed by atoms with E-state index < -0.39 is 0 Å². The second kappa shape index (κ2) is 12.0. The number of anilines is 3. The van der Waals surface area contributed by atoms with Gasteiger partial charge in [-0.15, -0.1) is 0 Å². The van der Waals surface area contributed by atoms with Gasteiger partial charge in [-0.3, -0.25) is 15.0 Å². The van der Waals surface area contributed by atoms with Crippen LogP contribution in [0.5, 0.6) is 0 Å². The van der Waals surface area contributed by atoms with E-state index in [4.69, 9.17) is 37.9 Å². The highest BCUT2D eigenvalue weighted by Crippen LogP contribution is 2.36. The van der Waals surface area contributed by atoms with Crippen LogP contribution < -0.4 is 10.2 Å². The predicted octanol–water partition coefficient (Wildman–Crippen LogP) is 7.82. The van der Waals surface area contributed by atoms with Gasteiger partial charge in [0.05, 0.1) is 64.3 Å². The Hall–Kier alpha value is -3.45. The number of fused-ring (bicyclic) bond motifs is 2. The number of aliphatic imine (C=N–C) groups is 2. The third kappa shape index (κ3) is 5.85. The molecule has 3 aromatic rings. The van der Waals surface area contributed by atoms with Crippen molar-refractivity contribution in [3.05, 3.63) is 106 Å². The fourth-order valence-electron chi connectivity index (χ4n) is 5.52. The number of pyridine rings is 1. The van der Waals surface area contributed by atoms with E-state index in [1.807, 2.05) is 36.5 Å². The summed E-state index contributed by atoms with van der Waals surface area (Å²) in [6, 6.07) is 18.4. The van der Waals surface area contributed by atoms with E-state index in [9.17, 15) is 0 Å². The quantitative estimate of drug-likeness (QED) is 0.317. The number of hydrogen-bond acceptors (Lipinski definition) is 6. The Morgan fingerprint density at radius 2 is 1.82 bits per heavy atom. The van der Waals surface area contributed by atoms with Gasteiger partial charge in [0.2, 0.25) is 0 Å². The topological polar surface area (TPSA) is 62.1 Å². The third-order valence-corrected chi connectivity index (χ3v) is 8.42. The molecule has 0 unspecified atom stereocenters. The fraction of sp³-hybridized carbons (Fsp3) is 0.281. The Kier molecular flexibility index (Phi) is 8.00. The fourth-order valence-corrected chi connectivity index (χ4v) is 5.81. The molecule has 1 N–H and O–H groups in total. The van der Waals surface area contributed by atoms with E-state index in [1.54, 1.807) is 13.3 Å². The van der Waals surface area contributed by atoms with Crippen molar-refractivity contribution in [2.75, 3.05) is 23.9 Å². The molecule has 3 aliphatic rings. The summed E-state index contributed by atoms with van der Waals surface area (Å²) in [6.45, 7) is 1.17. The zero-order valence-electron chi connectivity index (χ0n) is 22.4. The first kappa shape index (κ1) is 26.8. The highest BCUT2D eigenvalue weighted by Gasteiger charge is 2.26. The summed E-state index contributed by atoms with van der Waals surface area (Å²) < 4.78 is 5.59. The monoisotopic (exact) mass is 571 g/mol. The number of benzene rings is 2. The number of ether oxygens (including phenoxy) is 1. The lowest BCUT2D eigenvalue weighted by Gasteiger charge is -2.32. The molecule has 2 heterocycles. The van der Waals surface area contributed by atoms with Gasteiger partial charge in [0.15, 0.2) is 0 Å². The maximum absolute atomic E-state index is 6.47. The lowest BCUT2D eigenvalue weighted by Crippen LogP contribution is -2.30. The minimum Gasteiger partial charge on any atom is -0.381 e. The number of rotatable bonds is 5. The van der Waals surface area contributed by atoms with E-state index in [1.165, 1.54) is 0 Å². The van der Waals surface area contributed by atoms with E-state index >= 15 is 0 Å². The summed E-state index contributed by atoms with van der Waals surface area (Å²) >= 11 is 12.7. The number of hydrogen-bond donors (Lipinski definition) is 1. The van der Waals surface area contributed by atoms with Gasteiger partial charge in [0.1, 0.15) is 0 Å². The zero-order valence-corrected chi connectivity index (χ0v) is 23.9. The van der Waals surface area contributed by atoms with Gasteiger partial charge in [-0.2, -0.15) is 0 Å². The molecule has 0 spiro atoms. The van der Waals surface area contributed by atoms with Crippen LogP contribution >= 0.6 is 23.2 Å². The van der Waals surface area contributed by atoms with Crippen molar-refractivity contribution >= 4 is 51.7 Å². The molecule has 204 valence electrons. The number of nitrogens with zero attached hydrogens (tertiary/aromatic N) is 4. The normalized spacial score (nSPS) is 21.8. The standard InChI is InChI=1S/C32H31Cl2N5O/c1-40-26-11-8-23(9-12-26)37-30-15-22-20-39(25-10-13-27(33)28(34)16-25)32-7-3-2-5-21(32)18-36-29(22)17-31(30)38-24-6-4-14-35-19-24/h2-7,10,13-17,19,23,26,38H,8-9,11-12,18,20H2,1H3. The number of aromatic nitrogens is 1. The van der Waals surface area contributed by atoms with E-state index in [0.717, 1.165) is 71.0 Å². The maximum Gasteiger partial charge on any atom is 0.0817 e. The van der Waals surface area contributed by atoms with Crippen LogP contribution in [0.4, 0.5) is 17.1 Å². The molecule has 0 bridgehead atoms. The minimum absolute atomic E-state index is 0.247. The van der Waals surface area contributed by atoms with Crippen molar-refractivity contribution in [2.45, 2.75) is 44.4 Å². The van der Waals surface area contributed by atoms with Crippen molar-refractivity contribution in [3.63, 3.8) is 0 Å². The average molecular weight is 573 g/mol. The Morgan fingerprint density at radius 1 is 0.975 bits per heavy atom. The van der Waals surface area contributed by atoms with Crippen LogP contribution in [0.1, 0.15) is 31.2 Å². The molecule has 2 aromatic carbocycles. The zero-order chi connectivity index (χ0) is 27.5. The highest BCUT2D eigenvalue weighted by atomic mass is 35.5. The van der Waals surface area contributed by atoms with Gasteiger partial charge in [0.25, 0.3) is 0 Å². The van der Waals surface area contributed by atoms with Gasteiger partial charge >= 0.3 is 0 Å². The van der Waals surface area contributed by atoms with Crippen LogP contribution in [-0.2, 0) is 11.3 Å². The van der Waals surface area contributed by atoms with Crippen LogP contribution in [0.15, 0.2) is 100 Å². The minimum atomic E-state index is 0.247. The molecule has 1 aromatic heterocycles. The maximum atomic E-state index is 6.47. The first-order chi connectivity index (χ1) is 19.6. The molecule has 6 rings (SSSR count). The Labute approximate surface area is 245 Å². The lowest BCUT2D eigenvalue weighted by atomic mass is 9.92. The molecular formula is C32H31Cl2N5O. The summed E-state index contributed by atoms with van der Waals surface area (Å²) in [6.07, 6.45) is 12.3. The summed E-state index contributed by atoms with van der Waals surface area (Å²) in [4.78, 5) is 16.9. The number of methoxy groups -OCH3 is 1. The first-order valence-electron chi connectivity index (χ1n) is 13.6. The number of halogens is 2. The van der Waals surface area contributed by atoms with Crippen LogP contribution in [0, 0.1) is 0 Å². The Morgan fingerprint density at radius 3 is 2.60 bits per heavy atom. The van der Waals surface area contributed by atoms with Gasteiger partial charge in [-0.25, -0.2) is 0 Å². The smallest absolute Gasteiger partial charge is 0.0817 e. The number of para-hydroxylation sites is 1. The van der Waals surface area contributed by atoms with Gasteiger partial charge in [0, 0.05) is 24.7 Å². The van der Waals surface area contributed by atoms with E-state index in [0.29, 0.717) is 29.2 Å². The molecule has 0 amide bonds. The SMILES string of the molecule is COC1CCC(N=C2C=C3CN(c4ccc(Cl)c(Cl)c4)c4ccccc4CN=C3C=C2Nc2cccnc2)CC1. The van der Waals surface area contributed by atoms with Crippen molar-refractivity contribution in [2.24, 2.45) is 9.98 Å². The molecule has 6 nitrogen and oxygen atoms in total. The van der Waals surface area contributed by atoms with Crippen LogP contribution in [0.2, 0.25) is 10.0 Å². The Bertz CT molecular complexity index is 1510. The largest absolute Gasteiger partial charge is 0.381 e. The molecule has 1 aliphatic heterocycles. The van der Waals surface area contributed by atoms with E-state index in [-0.39, 0.29) is 6.04 Å². The average Bonchev–Trinajstić information content (AvgIpc) is 2.98. The van der Waals surface area contributed by atoms with Crippen LogP contribution in [0.3, 0.4) is 0 Å². The molecule has 40 heavy (non-hydrogen) atoms. The van der Waals surface area contributed by atoms with Crippen molar-refractivity contribution < 1.29 is 4.74 Å². The molecule has 1 fully saturated rings. The van der Waals surface area contributed by atoms with Crippen LogP contribution in [-0.4, -0.2) is 42.2 Å². The number of allylic oxidation sites excluding steroid dienone is 2. The molecule has 1 saturated carbocycles. The van der Waals surface area contributed by atoms with Crippen molar-refractivity contribution in [1.82, 2.24) is 4.98 Å². The predicted molar refractivity (Wildman–Crippen MR) is 166 cm³/mol. The molecular weight excluding hydrogens is 541 g/mol.